The van der Waals surface area contributed by atoms with Crippen molar-refractivity contribution in [3.63, 3.8) is 0 Å². The summed E-state index contributed by atoms with van der Waals surface area (Å²) in [5.41, 5.74) is 5.67. The van der Waals surface area contributed by atoms with Crippen molar-refractivity contribution < 1.29 is 4.79 Å². The minimum absolute atomic E-state index is 0.0318. The molecule has 0 bridgehead atoms. The van der Waals surface area contributed by atoms with Gasteiger partial charge in [-0.3, -0.25) is 9.89 Å². The summed E-state index contributed by atoms with van der Waals surface area (Å²) in [7, 11) is 0. The third-order valence-electron chi connectivity index (χ3n) is 5.38. The lowest BCUT2D eigenvalue weighted by Gasteiger charge is -2.26. The summed E-state index contributed by atoms with van der Waals surface area (Å²) in [5, 5.41) is 8.19. The van der Waals surface area contributed by atoms with Gasteiger partial charge in [0.15, 0.2) is 0 Å². The molecule has 1 atom stereocenters. The SMILES string of the molecule is CCCCCN1C(=O)c2[nH]nc(-c3ccc(Cl)cc3)c2C1c1ccc(C)cc1. The Morgan fingerprint density at radius 1 is 1.07 bits per heavy atom. The van der Waals surface area contributed by atoms with Crippen LogP contribution in [0.2, 0.25) is 5.02 Å². The Labute approximate surface area is 170 Å². The summed E-state index contributed by atoms with van der Waals surface area (Å²) in [6.07, 6.45) is 3.24. The fourth-order valence-electron chi connectivity index (χ4n) is 3.88. The number of nitrogens with zero attached hydrogens (tertiary/aromatic N) is 2. The van der Waals surface area contributed by atoms with Gasteiger partial charge in [-0.1, -0.05) is 73.3 Å². The minimum atomic E-state index is -0.121. The summed E-state index contributed by atoms with van der Waals surface area (Å²) in [6.45, 7) is 4.99. The molecule has 144 valence electrons. The number of benzene rings is 2. The largest absolute Gasteiger partial charge is 0.326 e. The number of halogens is 1. The molecule has 1 aromatic heterocycles. The maximum Gasteiger partial charge on any atom is 0.273 e. The normalized spacial score (nSPS) is 15.9. The molecular weight excluding hydrogens is 370 g/mol. The van der Waals surface area contributed by atoms with Crippen LogP contribution in [0.25, 0.3) is 11.3 Å². The van der Waals surface area contributed by atoms with E-state index in [1.807, 2.05) is 29.2 Å². The Hall–Kier alpha value is -2.59. The number of rotatable bonds is 6. The number of hydrogen-bond acceptors (Lipinski definition) is 2. The molecule has 2 heterocycles. The van der Waals surface area contributed by atoms with E-state index >= 15 is 0 Å². The molecule has 2 aromatic carbocycles. The third-order valence-corrected chi connectivity index (χ3v) is 5.63. The number of unbranched alkanes of at least 4 members (excludes halogenated alkanes) is 2. The summed E-state index contributed by atoms with van der Waals surface area (Å²) in [5.74, 6) is 0.0318. The average molecular weight is 394 g/mol. The monoisotopic (exact) mass is 393 g/mol. The van der Waals surface area contributed by atoms with E-state index in [1.165, 1.54) is 5.56 Å². The fourth-order valence-corrected chi connectivity index (χ4v) is 4.01. The van der Waals surface area contributed by atoms with E-state index in [4.69, 9.17) is 11.6 Å². The van der Waals surface area contributed by atoms with Crippen molar-refractivity contribution in [3.8, 4) is 11.3 Å². The fraction of sp³-hybridized carbons (Fsp3) is 0.304. The van der Waals surface area contributed by atoms with Gasteiger partial charge in [-0.15, -0.1) is 0 Å². The number of fused-ring (bicyclic) bond motifs is 1. The molecule has 0 saturated carbocycles. The van der Waals surface area contributed by atoms with Crippen LogP contribution in [0.3, 0.4) is 0 Å². The van der Waals surface area contributed by atoms with Gasteiger partial charge in [0.2, 0.25) is 0 Å². The quantitative estimate of drug-likeness (QED) is 0.540. The molecule has 0 radical (unpaired) electrons. The van der Waals surface area contributed by atoms with Gasteiger partial charge in [-0.05, 0) is 31.0 Å². The topological polar surface area (TPSA) is 49.0 Å². The van der Waals surface area contributed by atoms with Crippen LogP contribution < -0.4 is 0 Å². The predicted molar refractivity (Wildman–Crippen MR) is 113 cm³/mol. The zero-order valence-electron chi connectivity index (χ0n) is 16.2. The van der Waals surface area contributed by atoms with Crippen LogP contribution in [0.1, 0.15) is 59.4 Å². The van der Waals surface area contributed by atoms with E-state index in [-0.39, 0.29) is 11.9 Å². The molecule has 0 aliphatic carbocycles. The molecule has 28 heavy (non-hydrogen) atoms. The summed E-state index contributed by atoms with van der Waals surface area (Å²) in [6, 6.07) is 15.9. The van der Waals surface area contributed by atoms with E-state index in [0.29, 0.717) is 10.7 Å². The van der Waals surface area contributed by atoms with Crippen LogP contribution in [-0.4, -0.2) is 27.5 Å². The molecule has 1 amide bonds. The first-order valence-corrected chi connectivity index (χ1v) is 10.2. The van der Waals surface area contributed by atoms with Gasteiger partial charge in [-0.2, -0.15) is 5.10 Å². The number of nitrogens with one attached hydrogen (secondary N) is 1. The lowest BCUT2D eigenvalue weighted by Crippen LogP contribution is -2.30. The van der Waals surface area contributed by atoms with E-state index in [2.05, 4.69) is 48.3 Å². The smallest absolute Gasteiger partial charge is 0.273 e. The Bertz CT molecular complexity index is 976. The Morgan fingerprint density at radius 2 is 1.79 bits per heavy atom. The number of amides is 1. The van der Waals surface area contributed by atoms with Gasteiger partial charge in [0.1, 0.15) is 5.69 Å². The molecule has 4 nitrogen and oxygen atoms in total. The van der Waals surface area contributed by atoms with Crippen LogP contribution in [0, 0.1) is 6.92 Å². The lowest BCUT2D eigenvalue weighted by atomic mass is 9.95. The number of hydrogen-bond donors (Lipinski definition) is 1. The number of carbonyl (C=O) groups excluding carboxylic acids is 1. The number of aromatic amines is 1. The Balaban J connectivity index is 1.80. The molecule has 4 rings (SSSR count). The number of aryl methyl sites for hydroxylation is 1. The summed E-state index contributed by atoms with van der Waals surface area (Å²) < 4.78 is 0. The zero-order chi connectivity index (χ0) is 19.7. The second kappa shape index (κ2) is 7.80. The van der Waals surface area contributed by atoms with Crippen molar-refractivity contribution in [3.05, 3.63) is 75.9 Å². The van der Waals surface area contributed by atoms with Crippen LogP contribution in [0.5, 0.6) is 0 Å². The summed E-state index contributed by atoms with van der Waals surface area (Å²) >= 11 is 6.06. The Kier molecular flexibility index (Phi) is 5.23. The highest BCUT2D eigenvalue weighted by atomic mass is 35.5. The highest BCUT2D eigenvalue weighted by Crippen LogP contribution is 2.43. The maximum absolute atomic E-state index is 13.2. The van der Waals surface area contributed by atoms with E-state index in [1.54, 1.807) is 0 Å². The molecule has 1 unspecified atom stereocenters. The predicted octanol–water partition coefficient (Wildman–Crippen LogP) is 5.77. The second-order valence-electron chi connectivity index (χ2n) is 7.39. The third kappa shape index (κ3) is 3.33. The van der Waals surface area contributed by atoms with E-state index in [0.717, 1.165) is 48.2 Å². The zero-order valence-corrected chi connectivity index (χ0v) is 17.0. The minimum Gasteiger partial charge on any atom is -0.326 e. The first kappa shape index (κ1) is 18.8. The van der Waals surface area contributed by atoms with Gasteiger partial charge in [0.25, 0.3) is 5.91 Å². The number of H-pyrrole nitrogens is 1. The lowest BCUT2D eigenvalue weighted by molar-refractivity contribution is 0.0740. The highest BCUT2D eigenvalue weighted by Gasteiger charge is 2.41. The molecule has 1 N–H and O–H groups in total. The van der Waals surface area contributed by atoms with Crippen LogP contribution in [0.15, 0.2) is 48.5 Å². The molecular formula is C23H24ClN3O. The summed E-state index contributed by atoms with van der Waals surface area (Å²) in [4.78, 5) is 15.2. The second-order valence-corrected chi connectivity index (χ2v) is 7.82. The molecule has 3 aromatic rings. The molecule has 1 aliphatic heterocycles. The van der Waals surface area contributed by atoms with Crippen molar-refractivity contribution in [1.82, 2.24) is 15.1 Å². The molecule has 5 heteroatoms. The average Bonchev–Trinajstić information content (AvgIpc) is 3.23. The van der Waals surface area contributed by atoms with Gasteiger partial charge in [-0.25, -0.2) is 0 Å². The first-order valence-electron chi connectivity index (χ1n) is 9.82. The van der Waals surface area contributed by atoms with Crippen LogP contribution in [-0.2, 0) is 0 Å². The van der Waals surface area contributed by atoms with Crippen LogP contribution in [0.4, 0.5) is 0 Å². The van der Waals surface area contributed by atoms with Crippen molar-refractivity contribution >= 4 is 17.5 Å². The Morgan fingerprint density at radius 3 is 2.46 bits per heavy atom. The van der Waals surface area contributed by atoms with Crippen molar-refractivity contribution in [1.29, 1.82) is 0 Å². The van der Waals surface area contributed by atoms with Gasteiger partial charge >= 0.3 is 0 Å². The number of aromatic nitrogens is 2. The van der Waals surface area contributed by atoms with Crippen molar-refractivity contribution in [2.24, 2.45) is 0 Å². The van der Waals surface area contributed by atoms with Crippen LogP contribution >= 0.6 is 11.6 Å². The van der Waals surface area contributed by atoms with E-state index < -0.39 is 0 Å². The molecule has 0 saturated heterocycles. The van der Waals surface area contributed by atoms with Gasteiger partial charge in [0.05, 0.1) is 11.7 Å². The number of carbonyl (C=O) groups is 1. The van der Waals surface area contributed by atoms with Gasteiger partial charge in [0, 0.05) is 22.7 Å². The van der Waals surface area contributed by atoms with Gasteiger partial charge < -0.3 is 4.90 Å². The van der Waals surface area contributed by atoms with E-state index in [9.17, 15) is 4.79 Å². The highest BCUT2D eigenvalue weighted by molar-refractivity contribution is 6.30. The molecule has 1 aliphatic rings. The standard InChI is InChI=1S/C23H24ClN3O/c1-3-4-5-14-27-22(17-8-6-15(2)7-9-17)19-20(25-26-21(19)23(27)28)16-10-12-18(24)13-11-16/h6-13,22H,3-5,14H2,1-2H3,(H,25,26). The van der Waals surface area contributed by atoms with Crippen molar-refractivity contribution in [2.45, 2.75) is 39.2 Å². The molecule has 0 fully saturated rings. The maximum atomic E-state index is 13.2. The molecule has 0 spiro atoms. The first-order chi connectivity index (χ1) is 13.6. The van der Waals surface area contributed by atoms with Crippen molar-refractivity contribution in [2.75, 3.05) is 6.54 Å².